The van der Waals surface area contributed by atoms with Crippen LogP contribution in [-0.2, 0) is 0 Å². The molecule has 0 aliphatic carbocycles. The van der Waals surface area contributed by atoms with Crippen LogP contribution >= 0.6 is 0 Å². The van der Waals surface area contributed by atoms with Gasteiger partial charge in [-0.15, -0.1) is 0 Å². The second-order valence-corrected chi connectivity index (χ2v) is 8.72. The summed E-state index contributed by atoms with van der Waals surface area (Å²) in [7, 11) is 5.56. The third-order valence-corrected chi connectivity index (χ3v) is 5.68. The van der Waals surface area contributed by atoms with Gasteiger partial charge in [0.15, 0.2) is 5.82 Å². The van der Waals surface area contributed by atoms with E-state index >= 15 is 0 Å². The second-order valence-electron chi connectivity index (χ2n) is 8.72. The first-order valence-corrected chi connectivity index (χ1v) is 11.6. The lowest BCUT2D eigenvalue weighted by atomic mass is 9.97. The molecule has 0 unspecified atom stereocenters. The second kappa shape index (κ2) is 11.0. The maximum absolute atomic E-state index is 13.1. The fraction of sp³-hybridized carbons (Fsp3) is 0.250. The number of anilines is 1. The number of aromatic nitrogens is 2. The van der Waals surface area contributed by atoms with Gasteiger partial charge < -0.3 is 24.2 Å². The summed E-state index contributed by atoms with van der Waals surface area (Å²) in [5.41, 5.74) is 5.00. The zero-order valence-corrected chi connectivity index (χ0v) is 21.2. The molecule has 0 aliphatic heterocycles. The van der Waals surface area contributed by atoms with Gasteiger partial charge in [-0.2, -0.15) is 4.98 Å². The minimum absolute atomic E-state index is 0.245. The van der Waals surface area contributed by atoms with E-state index in [0.29, 0.717) is 35.3 Å². The highest BCUT2D eigenvalue weighted by Gasteiger charge is 2.16. The molecule has 4 rings (SSSR count). The third-order valence-electron chi connectivity index (χ3n) is 5.68. The number of hydrogen-bond acceptors (Lipinski definition) is 7. The van der Waals surface area contributed by atoms with E-state index in [0.717, 1.165) is 34.5 Å². The molecule has 1 N–H and O–H groups in total. The highest BCUT2D eigenvalue weighted by atomic mass is 16.5. The molecule has 1 heterocycles. The molecule has 0 spiro atoms. The van der Waals surface area contributed by atoms with E-state index in [1.165, 1.54) is 0 Å². The number of rotatable bonds is 9. The molecular weight excluding hydrogens is 456 g/mol. The van der Waals surface area contributed by atoms with Gasteiger partial charge in [0.25, 0.3) is 11.8 Å². The lowest BCUT2D eigenvalue weighted by Gasteiger charge is -2.16. The Labute approximate surface area is 210 Å². The van der Waals surface area contributed by atoms with E-state index in [1.54, 1.807) is 44.4 Å². The van der Waals surface area contributed by atoms with Crippen LogP contribution in [0.5, 0.6) is 11.5 Å². The lowest BCUT2D eigenvalue weighted by Crippen LogP contribution is -2.21. The normalized spacial score (nSPS) is 10.9. The number of likely N-dealkylation sites (N-methyl/N-ethyl adjacent to an activating group) is 1. The standard InChI is InChI=1S/C28H30N4O4/c1-18-16-21(28-29-19(2)31-36-28)7-12-24(18)20-6-13-25(26(17-20)35-15-14-32(3)4)27(33)30-22-8-10-23(34-5)11-9-22/h6-13,16-17H,14-15H2,1-5H3,(H,30,33). The van der Waals surface area contributed by atoms with Crippen LogP contribution in [0.4, 0.5) is 5.69 Å². The molecule has 0 radical (unpaired) electrons. The Hall–Kier alpha value is -4.17. The molecule has 1 amide bonds. The molecule has 0 aliphatic rings. The SMILES string of the molecule is COc1ccc(NC(=O)c2ccc(-c3ccc(-c4nc(C)no4)cc3C)cc2OCCN(C)C)cc1. The number of carbonyl (C=O) groups is 1. The molecule has 0 atom stereocenters. The first-order valence-electron chi connectivity index (χ1n) is 11.6. The number of hydrogen-bond donors (Lipinski definition) is 1. The number of carbonyl (C=O) groups excluding carboxylic acids is 1. The van der Waals surface area contributed by atoms with Gasteiger partial charge in [-0.3, -0.25) is 4.79 Å². The first-order chi connectivity index (χ1) is 17.3. The molecule has 0 bridgehead atoms. The topological polar surface area (TPSA) is 89.7 Å². The van der Waals surface area contributed by atoms with Gasteiger partial charge in [0.2, 0.25) is 0 Å². The molecular formula is C28H30N4O4. The van der Waals surface area contributed by atoms with Crippen LogP contribution in [0.25, 0.3) is 22.6 Å². The molecule has 0 saturated heterocycles. The minimum Gasteiger partial charge on any atom is -0.497 e. The largest absolute Gasteiger partial charge is 0.497 e. The van der Waals surface area contributed by atoms with E-state index in [-0.39, 0.29) is 5.91 Å². The number of nitrogens with one attached hydrogen (secondary N) is 1. The summed E-state index contributed by atoms with van der Waals surface area (Å²) >= 11 is 0. The van der Waals surface area contributed by atoms with E-state index in [2.05, 4.69) is 15.5 Å². The Morgan fingerprint density at radius 1 is 1.00 bits per heavy atom. The van der Waals surface area contributed by atoms with Crippen molar-refractivity contribution in [2.75, 3.05) is 39.7 Å². The Balaban J connectivity index is 1.63. The Morgan fingerprint density at radius 3 is 2.39 bits per heavy atom. The summed E-state index contributed by atoms with van der Waals surface area (Å²) in [6.07, 6.45) is 0. The predicted molar refractivity (Wildman–Crippen MR) is 140 cm³/mol. The van der Waals surface area contributed by atoms with Crippen LogP contribution in [-0.4, -0.2) is 55.3 Å². The molecule has 4 aromatic rings. The van der Waals surface area contributed by atoms with Gasteiger partial charge in [0, 0.05) is 17.8 Å². The van der Waals surface area contributed by atoms with Crippen molar-refractivity contribution in [1.29, 1.82) is 0 Å². The summed E-state index contributed by atoms with van der Waals surface area (Å²) in [5, 5.41) is 6.81. The van der Waals surface area contributed by atoms with Crippen molar-refractivity contribution in [3.63, 3.8) is 0 Å². The highest BCUT2D eigenvalue weighted by molar-refractivity contribution is 6.06. The number of methoxy groups -OCH3 is 1. The van der Waals surface area contributed by atoms with Crippen molar-refractivity contribution in [3.8, 4) is 34.1 Å². The fourth-order valence-corrected chi connectivity index (χ4v) is 3.74. The minimum atomic E-state index is -0.245. The zero-order chi connectivity index (χ0) is 25.7. The number of benzene rings is 3. The molecule has 0 saturated carbocycles. The van der Waals surface area contributed by atoms with Crippen LogP contribution < -0.4 is 14.8 Å². The van der Waals surface area contributed by atoms with Crippen molar-refractivity contribution in [2.45, 2.75) is 13.8 Å². The average molecular weight is 487 g/mol. The van der Waals surface area contributed by atoms with Crippen molar-refractivity contribution in [2.24, 2.45) is 0 Å². The maximum atomic E-state index is 13.1. The first kappa shape index (κ1) is 24.9. The third kappa shape index (κ3) is 5.90. The summed E-state index contributed by atoms with van der Waals surface area (Å²) in [6, 6.07) is 18.8. The van der Waals surface area contributed by atoms with Gasteiger partial charge in [-0.25, -0.2) is 0 Å². The Morgan fingerprint density at radius 2 is 1.75 bits per heavy atom. The molecule has 186 valence electrons. The molecule has 8 nitrogen and oxygen atoms in total. The summed E-state index contributed by atoms with van der Waals surface area (Å²) in [4.78, 5) is 19.5. The molecule has 0 fully saturated rings. The number of ether oxygens (including phenoxy) is 2. The monoisotopic (exact) mass is 486 g/mol. The van der Waals surface area contributed by atoms with Gasteiger partial charge >= 0.3 is 0 Å². The quantitative estimate of drug-likeness (QED) is 0.347. The fourth-order valence-electron chi connectivity index (χ4n) is 3.74. The van der Waals surface area contributed by atoms with E-state index in [4.69, 9.17) is 14.0 Å². The number of aryl methyl sites for hydroxylation is 2. The summed E-state index contributed by atoms with van der Waals surface area (Å²) in [5.74, 6) is 2.08. The van der Waals surface area contributed by atoms with E-state index in [9.17, 15) is 4.79 Å². The van der Waals surface area contributed by atoms with Crippen LogP contribution in [0.15, 0.2) is 65.2 Å². The zero-order valence-electron chi connectivity index (χ0n) is 21.2. The highest BCUT2D eigenvalue weighted by Crippen LogP contribution is 2.32. The lowest BCUT2D eigenvalue weighted by molar-refractivity contribution is 0.102. The van der Waals surface area contributed by atoms with Crippen LogP contribution in [0.3, 0.4) is 0 Å². The van der Waals surface area contributed by atoms with Crippen LogP contribution in [0, 0.1) is 13.8 Å². The smallest absolute Gasteiger partial charge is 0.259 e. The molecule has 36 heavy (non-hydrogen) atoms. The Kier molecular flexibility index (Phi) is 7.65. The molecule has 1 aromatic heterocycles. The summed E-state index contributed by atoms with van der Waals surface area (Å²) in [6.45, 7) is 4.99. The van der Waals surface area contributed by atoms with Crippen molar-refractivity contribution in [1.82, 2.24) is 15.0 Å². The van der Waals surface area contributed by atoms with Gasteiger partial charge in [-0.1, -0.05) is 17.3 Å². The molecule has 3 aromatic carbocycles. The van der Waals surface area contributed by atoms with Gasteiger partial charge in [0.05, 0.1) is 12.7 Å². The number of amides is 1. The molecule has 8 heteroatoms. The van der Waals surface area contributed by atoms with Crippen LogP contribution in [0.2, 0.25) is 0 Å². The van der Waals surface area contributed by atoms with Crippen molar-refractivity contribution < 1.29 is 18.8 Å². The van der Waals surface area contributed by atoms with E-state index < -0.39 is 0 Å². The Bertz CT molecular complexity index is 1350. The maximum Gasteiger partial charge on any atom is 0.259 e. The van der Waals surface area contributed by atoms with Gasteiger partial charge in [-0.05, 0) is 93.2 Å². The van der Waals surface area contributed by atoms with E-state index in [1.807, 2.05) is 56.3 Å². The van der Waals surface area contributed by atoms with Crippen molar-refractivity contribution in [3.05, 3.63) is 77.6 Å². The predicted octanol–water partition coefficient (Wildman–Crippen LogP) is 5.22. The number of nitrogens with zero attached hydrogens (tertiary/aromatic N) is 3. The average Bonchev–Trinajstić information content (AvgIpc) is 3.30. The van der Waals surface area contributed by atoms with Crippen LogP contribution in [0.1, 0.15) is 21.7 Å². The summed E-state index contributed by atoms with van der Waals surface area (Å²) < 4.78 is 16.6. The van der Waals surface area contributed by atoms with Gasteiger partial charge in [0.1, 0.15) is 18.1 Å². The van der Waals surface area contributed by atoms with Crippen molar-refractivity contribution >= 4 is 11.6 Å².